The van der Waals surface area contributed by atoms with Crippen LogP contribution in [-0.2, 0) is 21.5 Å². The van der Waals surface area contributed by atoms with E-state index in [-0.39, 0.29) is 31.4 Å². The number of rotatable bonds is 10. The first kappa shape index (κ1) is 27.4. The minimum atomic E-state index is -1.61. The second-order valence-electron chi connectivity index (χ2n) is 8.81. The molecule has 1 aromatic heterocycles. The summed E-state index contributed by atoms with van der Waals surface area (Å²) in [6, 6.07) is 22.5. The van der Waals surface area contributed by atoms with Gasteiger partial charge in [-0.25, -0.2) is 0 Å². The summed E-state index contributed by atoms with van der Waals surface area (Å²) in [5, 5.41) is 11.2. The molecule has 0 fully saturated rings. The maximum absolute atomic E-state index is 14.0. The van der Waals surface area contributed by atoms with E-state index in [1.54, 1.807) is 23.1 Å². The molecule has 8 nitrogen and oxygen atoms in total. The molecular formula is C28H28Br2N6O2. The Morgan fingerprint density at radius 3 is 2.39 bits per heavy atom. The highest BCUT2D eigenvalue weighted by Gasteiger charge is 2.49. The van der Waals surface area contributed by atoms with Gasteiger partial charge in [0.1, 0.15) is 0 Å². The van der Waals surface area contributed by atoms with Gasteiger partial charge in [0.15, 0.2) is 11.5 Å². The molecule has 10 heteroatoms. The minimum Gasteiger partial charge on any atom is -0.370 e. The fourth-order valence-electron chi connectivity index (χ4n) is 4.82. The van der Waals surface area contributed by atoms with Crippen LogP contribution in [0.25, 0.3) is 10.9 Å². The van der Waals surface area contributed by atoms with Crippen LogP contribution in [0.2, 0.25) is 0 Å². The van der Waals surface area contributed by atoms with Crippen LogP contribution < -0.4 is 16.8 Å². The van der Waals surface area contributed by atoms with Crippen LogP contribution in [0.4, 0.5) is 0 Å². The summed E-state index contributed by atoms with van der Waals surface area (Å²) >= 11 is 7.10. The van der Waals surface area contributed by atoms with Gasteiger partial charge in [-0.15, -0.1) is 0 Å². The van der Waals surface area contributed by atoms with E-state index in [2.05, 4.69) is 42.2 Å². The fourth-order valence-corrected chi connectivity index (χ4v) is 6.15. The van der Waals surface area contributed by atoms with Crippen LogP contribution in [0.15, 0.2) is 87.9 Å². The van der Waals surface area contributed by atoms with Crippen molar-refractivity contribution in [3.63, 3.8) is 0 Å². The SMILES string of the molecule is N=C(N)NCCC(=O)N(CCc1c[nH]c2ccccc12)C(C(N)=O)(c1ccccc1)c1ccc(Br)cc1Br. The first-order chi connectivity index (χ1) is 18.2. The van der Waals surface area contributed by atoms with Crippen molar-refractivity contribution in [3.05, 3.63) is 105 Å². The number of nitrogens with one attached hydrogen (secondary N) is 3. The topological polar surface area (TPSA) is 141 Å². The third-order valence-electron chi connectivity index (χ3n) is 6.51. The molecule has 4 rings (SSSR count). The van der Waals surface area contributed by atoms with Crippen molar-refractivity contribution in [1.29, 1.82) is 5.41 Å². The van der Waals surface area contributed by atoms with E-state index in [9.17, 15) is 9.59 Å². The van der Waals surface area contributed by atoms with E-state index in [0.29, 0.717) is 22.0 Å². The maximum atomic E-state index is 14.0. The van der Waals surface area contributed by atoms with Gasteiger partial charge in [0, 0.05) is 51.1 Å². The zero-order valence-corrected chi connectivity index (χ0v) is 23.7. The molecule has 1 atom stereocenters. The predicted octanol–water partition coefficient (Wildman–Crippen LogP) is 4.37. The molecule has 0 aliphatic rings. The monoisotopic (exact) mass is 638 g/mol. The molecule has 0 saturated carbocycles. The van der Waals surface area contributed by atoms with Gasteiger partial charge in [-0.2, -0.15) is 0 Å². The summed E-state index contributed by atoms with van der Waals surface area (Å²) in [5.74, 6) is -1.22. The molecule has 0 aliphatic carbocycles. The van der Waals surface area contributed by atoms with E-state index < -0.39 is 11.4 Å². The molecular weight excluding hydrogens is 612 g/mol. The van der Waals surface area contributed by atoms with Crippen molar-refractivity contribution in [2.75, 3.05) is 13.1 Å². The van der Waals surface area contributed by atoms with Crippen LogP contribution in [0.1, 0.15) is 23.1 Å². The highest BCUT2D eigenvalue weighted by molar-refractivity contribution is 9.11. The summed E-state index contributed by atoms with van der Waals surface area (Å²) in [6.45, 7) is 0.351. The number of para-hydroxylation sites is 1. The van der Waals surface area contributed by atoms with Gasteiger partial charge in [-0.3, -0.25) is 15.0 Å². The number of fused-ring (bicyclic) bond motifs is 1. The van der Waals surface area contributed by atoms with Crippen molar-refractivity contribution >= 4 is 60.5 Å². The van der Waals surface area contributed by atoms with E-state index in [1.165, 1.54) is 0 Å². The summed E-state index contributed by atoms with van der Waals surface area (Å²) in [4.78, 5) is 32.5. The summed E-state index contributed by atoms with van der Waals surface area (Å²) in [6.07, 6.45) is 2.41. The number of halogens is 2. The number of benzene rings is 3. The van der Waals surface area contributed by atoms with Crippen LogP contribution in [0.3, 0.4) is 0 Å². The smallest absolute Gasteiger partial charge is 0.252 e. The van der Waals surface area contributed by atoms with Gasteiger partial charge in [0.25, 0.3) is 5.91 Å². The Bertz CT molecular complexity index is 1470. The van der Waals surface area contributed by atoms with Crippen molar-refractivity contribution in [2.45, 2.75) is 18.4 Å². The normalized spacial score (nSPS) is 12.6. The number of aromatic nitrogens is 1. The lowest BCUT2D eigenvalue weighted by atomic mass is 9.79. The van der Waals surface area contributed by atoms with E-state index in [0.717, 1.165) is 20.9 Å². The Hall–Kier alpha value is -3.63. The largest absolute Gasteiger partial charge is 0.370 e. The molecule has 1 heterocycles. The maximum Gasteiger partial charge on any atom is 0.252 e. The minimum absolute atomic E-state index is 0.00345. The lowest BCUT2D eigenvalue weighted by Gasteiger charge is -2.43. The summed E-state index contributed by atoms with van der Waals surface area (Å²) in [5.41, 5.74) is 13.2. The second kappa shape index (κ2) is 11.8. The van der Waals surface area contributed by atoms with Crippen molar-refractivity contribution in [2.24, 2.45) is 11.5 Å². The molecule has 0 aliphatic heterocycles. The molecule has 4 aromatic rings. The van der Waals surface area contributed by atoms with Gasteiger partial charge in [-0.05, 0) is 35.7 Å². The predicted molar refractivity (Wildman–Crippen MR) is 157 cm³/mol. The Morgan fingerprint density at radius 1 is 1.00 bits per heavy atom. The number of hydrogen-bond acceptors (Lipinski definition) is 3. The van der Waals surface area contributed by atoms with Crippen LogP contribution in [-0.4, -0.2) is 40.7 Å². The van der Waals surface area contributed by atoms with Crippen LogP contribution in [0.5, 0.6) is 0 Å². The molecule has 0 saturated heterocycles. The van der Waals surface area contributed by atoms with Gasteiger partial charge < -0.3 is 26.7 Å². The number of nitrogens with two attached hydrogens (primary N) is 2. The van der Waals surface area contributed by atoms with Gasteiger partial charge in [0.2, 0.25) is 5.91 Å². The Balaban J connectivity index is 1.87. The molecule has 38 heavy (non-hydrogen) atoms. The molecule has 2 amide bonds. The first-order valence-corrected chi connectivity index (χ1v) is 13.6. The van der Waals surface area contributed by atoms with E-state index >= 15 is 0 Å². The molecule has 0 spiro atoms. The Kier molecular flexibility index (Phi) is 8.53. The zero-order chi connectivity index (χ0) is 27.3. The molecule has 0 bridgehead atoms. The zero-order valence-electron chi connectivity index (χ0n) is 20.5. The van der Waals surface area contributed by atoms with Crippen molar-refractivity contribution < 1.29 is 9.59 Å². The number of H-pyrrole nitrogens is 1. The number of primary amides is 1. The van der Waals surface area contributed by atoms with Gasteiger partial charge in [-0.1, -0.05) is 86.5 Å². The van der Waals surface area contributed by atoms with Crippen LogP contribution in [0, 0.1) is 5.41 Å². The lowest BCUT2D eigenvalue weighted by Crippen LogP contribution is -2.59. The Morgan fingerprint density at radius 2 is 1.71 bits per heavy atom. The fraction of sp³-hybridized carbons (Fsp3) is 0.179. The number of hydrogen-bond donors (Lipinski definition) is 5. The highest BCUT2D eigenvalue weighted by atomic mass is 79.9. The third kappa shape index (κ3) is 5.46. The van der Waals surface area contributed by atoms with Gasteiger partial charge >= 0.3 is 0 Å². The quantitative estimate of drug-likeness (QED) is 0.130. The van der Waals surface area contributed by atoms with Gasteiger partial charge in [0.05, 0.1) is 0 Å². The number of guanidine groups is 1. The van der Waals surface area contributed by atoms with Crippen LogP contribution >= 0.6 is 31.9 Å². The van der Waals surface area contributed by atoms with Crippen molar-refractivity contribution in [1.82, 2.24) is 15.2 Å². The molecule has 1 unspecified atom stereocenters. The summed E-state index contributed by atoms with van der Waals surface area (Å²) in [7, 11) is 0. The number of nitrogens with zero attached hydrogens (tertiary/aromatic N) is 1. The lowest BCUT2D eigenvalue weighted by molar-refractivity contribution is -0.144. The second-order valence-corrected chi connectivity index (χ2v) is 10.6. The number of aromatic amines is 1. The number of carbonyl (C=O) groups is 2. The molecule has 196 valence electrons. The molecule has 0 radical (unpaired) electrons. The first-order valence-electron chi connectivity index (χ1n) is 12.0. The number of carbonyl (C=O) groups excluding carboxylic acids is 2. The summed E-state index contributed by atoms with van der Waals surface area (Å²) < 4.78 is 1.43. The Labute approximate surface area is 237 Å². The average Bonchev–Trinajstić information content (AvgIpc) is 3.30. The molecule has 7 N–H and O–H groups in total. The van der Waals surface area contributed by atoms with E-state index in [1.807, 2.05) is 60.8 Å². The molecule has 3 aromatic carbocycles. The highest BCUT2D eigenvalue weighted by Crippen LogP contribution is 2.41. The standard InChI is InChI=1S/C28H28Br2N6O2/c29-20-10-11-22(23(30)16-20)28(26(31)38,19-6-2-1-3-7-19)36(25(37)12-14-34-27(32)33)15-13-18-17-35-24-9-5-4-8-21(18)24/h1-11,16-17,35H,12-15H2,(H2,31,38)(H4,32,33,34). The average molecular weight is 640 g/mol. The van der Waals surface area contributed by atoms with E-state index in [4.69, 9.17) is 16.9 Å². The number of amides is 2. The third-order valence-corrected chi connectivity index (χ3v) is 7.66. The van der Waals surface area contributed by atoms with Crippen molar-refractivity contribution in [3.8, 4) is 0 Å².